The molecule has 0 aliphatic carbocycles. The second-order valence-corrected chi connectivity index (χ2v) is 5.99. The predicted octanol–water partition coefficient (Wildman–Crippen LogP) is 1.56. The first-order valence-electron chi connectivity index (χ1n) is 7.11. The van der Waals surface area contributed by atoms with Crippen molar-refractivity contribution >= 4 is 17.5 Å². The number of hydrogen-bond acceptors (Lipinski definition) is 4. The van der Waals surface area contributed by atoms with E-state index in [0.717, 1.165) is 19.5 Å². The number of aryl methyl sites for hydroxylation is 1. The summed E-state index contributed by atoms with van der Waals surface area (Å²) < 4.78 is 5.71. The van der Waals surface area contributed by atoms with Gasteiger partial charge in [-0.1, -0.05) is 17.7 Å². The minimum absolute atomic E-state index is 0.0553. The van der Waals surface area contributed by atoms with Crippen LogP contribution in [-0.2, 0) is 4.74 Å². The van der Waals surface area contributed by atoms with Gasteiger partial charge in [0.1, 0.15) is 29.1 Å². The molecule has 0 spiro atoms. The van der Waals surface area contributed by atoms with Gasteiger partial charge in [0.05, 0.1) is 11.6 Å². The molecule has 7 heteroatoms. The van der Waals surface area contributed by atoms with Crippen LogP contribution in [0.5, 0.6) is 0 Å². The Kier molecular flexibility index (Phi) is 3.73. The third-order valence-electron chi connectivity index (χ3n) is 4.44. The van der Waals surface area contributed by atoms with Crippen molar-refractivity contribution in [1.82, 2.24) is 15.2 Å². The summed E-state index contributed by atoms with van der Waals surface area (Å²) in [4.78, 5) is 17.6. The van der Waals surface area contributed by atoms with Crippen LogP contribution in [0.1, 0.15) is 28.2 Å². The van der Waals surface area contributed by atoms with Crippen LogP contribution < -0.4 is 5.32 Å². The molecule has 2 aliphatic rings. The van der Waals surface area contributed by atoms with Gasteiger partial charge in [0.2, 0.25) is 0 Å². The molecule has 3 rings (SSSR count). The maximum absolute atomic E-state index is 12.5. The summed E-state index contributed by atoms with van der Waals surface area (Å²) in [5, 5.41) is 12.5. The number of aromatic nitrogens is 1. The third kappa shape index (κ3) is 2.05. The molecule has 2 aliphatic heterocycles. The molecule has 2 saturated heterocycles. The standard InChI is InChI=1S/C15H17ClN4O2/c1-3-6-22-11-8-20-5-4-15(11,20)19-14(21)13-10(7-17)12(16)9(2)18-13/h3,11,18H,1,4-6,8H2,2H3,(H,19,21). The number of carbonyl (C=O) groups excluding carboxylic acids is 1. The first-order valence-corrected chi connectivity index (χ1v) is 7.49. The quantitative estimate of drug-likeness (QED) is 0.807. The van der Waals surface area contributed by atoms with Crippen molar-refractivity contribution in [2.45, 2.75) is 25.1 Å². The third-order valence-corrected chi connectivity index (χ3v) is 4.91. The average molecular weight is 321 g/mol. The van der Waals surface area contributed by atoms with Crippen molar-refractivity contribution in [3.8, 4) is 6.07 Å². The van der Waals surface area contributed by atoms with Crippen LogP contribution in [-0.4, -0.2) is 47.3 Å². The molecule has 2 fully saturated rings. The highest BCUT2D eigenvalue weighted by molar-refractivity contribution is 6.33. The van der Waals surface area contributed by atoms with Gasteiger partial charge in [-0.05, 0) is 13.3 Å². The second kappa shape index (κ2) is 5.43. The van der Waals surface area contributed by atoms with E-state index in [2.05, 4.69) is 21.8 Å². The van der Waals surface area contributed by atoms with Crippen LogP contribution in [0, 0.1) is 18.3 Å². The van der Waals surface area contributed by atoms with Gasteiger partial charge in [0, 0.05) is 18.8 Å². The van der Waals surface area contributed by atoms with Crippen LogP contribution in [0.25, 0.3) is 0 Å². The van der Waals surface area contributed by atoms with E-state index in [1.807, 2.05) is 6.07 Å². The van der Waals surface area contributed by atoms with E-state index in [0.29, 0.717) is 17.3 Å². The Hall–Kier alpha value is -1.81. The lowest BCUT2D eigenvalue weighted by atomic mass is 9.78. The number of nitrogens with zero attached hydrogens (tertiary/aromatic N) is 2. The van der Waals surface area contributed by atoms with Gasteiger partial charge in [-0.3, -0.25) is 9.69 Å². The van der Waals surface area contributed by atoms with E-state index in [1.54, 1.807) is 13.0 Å². The van der Waals surface area contributed by atoms with Crippen molar-refractivity contribution in [2.24, 2.45) is 0 Å². The number of ether oxygens (including phenoxy) is 1. The van der Waals surface area contributed by atoms with Crippen LogP contribution in [0.3, 0.4) is 0 Å². The van der Waals surface area contributed by atoms with E-state index in [1.165, 1.54) is 0 Å². The molecule has 0 bridgehead atoms. The molecule has 1 aromatic rings. The summed E-state index contributed by atoms with van der Waals surface area (Å²) in [5.74, 6) is -0.330. The summed E-state index contributed by atoms with van der Waals surface area (Å²) in [7, 11) is 0. The number of H-pyrrole nitrogens is 1. The Labute approximate surface area is 133 Å². The van der Waals surface area contributed by atoms with E-state index < -0.39 is 5.66 Å². The van der Waals surface area contributed by atoms with Crippen molar-refractivity contribution in [3.63, 3.8) is 0 Å². The minimum Gasteiger partial charge on any atom is -0.369 e. The van der Waals surface area contributed by atoms with Crippen molar-refractivity contribution in [2.75, 3.05) is 19.7 Å². The van der Waals surface area contributed by atoms with E-state index in [-0.39, 0.29) is 23.3 Å². The molecule has 0 aromatic carbocycles. The number of aromatic amines is 1. The lowest BCUT2D eigenvalue weighted by Crippen LogP contribution is -2.85. The molecule has 2 atom stereocenters. The summed E-state index contributed by atoms with van der Waals surface area (Å²) >= 11 is 6.04. The smallest absolute Gasteiger partial charge is 0.270 e. The van der Waals surface area contributed by atoms with Crippen molar-refractivity contribution < 1.29 is 9.53 Å². The molecule has 22 heavy (non-hydrogen) atoms. The topological polar surface area (TPSA) is 81.2 Å². The van der Waals surface area contributed by atoms with Gasteiger partial charge < -0.3 is 15.0 Å². The predicted molar refractivity (Wildman–Crippen MR) is 81.6 cm³/mol. The lowest BCUT2D eigenvalue weighted by molar-refractivity contribution is -0.227. The number of halogens is 1. The number of rotatable bonds is 5. The van der Waals surface area contributed by atoms with Gasteiger partial charge >= 0.3 is 0 Å². The number of hydrogen-bond donors (Lipinski definition) is 2. The fourth-order valence-corrected chi connectivity index (χ4v) is 3.29. The Morgan fingerprint density at radius 3 is 3.09 bits per heavy atom. The summed E-state index contributed by atoms with van der Waals surface area (Å²) in [5.41, 5.74) is 0.542. The number of fused-ring (bicyclic) bond motifs is 1. The highest BCUT2D eigenvalue weighted by atomic mass is 35.5. The molecule has 116 valence electrons. The Bertz CT molecular complexity index is 678. The van der Waals surface area contributed by atoms with Gasteiger partial charge in [-0.2, -0.15) is 5.26 Å². The highest BCUT2D eigenvalue weighted by Crippen LogP contribution is 2.42. The number of nitriles is 1. The number of nitrogens with one attached hydrogen (secondary N) is 2. The van der Waals surface area contributed by atoms with Gasteiger partial charge in [-0.15, -0.1) is 6.58 Å². The van der Waals surface area contributed by atoms with Gasteiger partial charge in [-0.25, -0.2) is 0 Å². The zero-order valence-electron chi connectivity index (χ0n) is 12.3. The largest absolute Gasteiger partial charge is 0.369 e. The SMILES string of the molecule is C=CCOC1CN2CCC12NC(=O)c1[nH]c(C)c(Cl)c1C#N. The highest BCUT2D eigenvalue weighted by Gasteiger charge is 2.61. The van der Waals surface area contributed by atoms with Crippen LogP contribution in [0.4, 0.5) is 0 Å². The summed E-state index contributed by atoms with van der Waals surface area (Å²) in [6.07, 6.45) is 2.47. The monoisotopic (exact) mass is 320 g/mol. The fraction of sp³-hybridized carbons (Fsp3) is 0.467. The van der Waals surface area contributed by atoms with Crippen molar-refractivity contribution in [1.29, 1.82) is 5.26 Å². The first-order chi connectivity index (χ1) is 10.5. The number of amides is 1. The van der Waals surface area contributed by atoms with E-state index in [9.17, 15) is 10.1 Å². The summed E-state index contributed by atoms with van der Waals surface area (Å²) in [6.45, 7) is 7.55. The Morgan fingerprint density at radius 2 is 2.55 bits per heavy atom. The maximum atomic E-state index is 12.5. The van der Waals surface area contributed by atoms with Crippen LogP contribution in [0.2, 0.25) is 5.02 Å². The average Bonchev–Trinajstić information content (AvgIpc) is 2.79. The number of carbonyl (C=O) groups is 1. The zero-order chi connectivity index (χ0) is 15.9. The minimum atomic E-state index is -0.460. The molecule has 3 heterocycles. The first kappa shape index (κ1) is 15.1. The Morgan fingerprint density at radius 1 is 1.77 bits per heavy atom. The maximum Gasteiger partial charge on any atom is 0.270 e. The molecule has 0 radical (unpaired) electrons. The van der Waals surface area contributed by atoms with Crippen molar-refractivity contribution in [3.05, 3.63) is 34.6 Å². The lowest BCUT2D eigenvalue weighted by Gasteiger charge is -2.65. The fourth-order valence-electron chi connectivity index (χ4n) is 3.10. The van der Waals surface area contributed by atoms with Crippen LogP contribution >= 0.6 is 11.6 Å². The van der Waals surface area contributed by atoms with Gasteiger partial charge in [0.25, 0.3) is 5.91 Å². The molecular formula is C15H17ClN4O2. The van der Waals surface area contributed by atoms with E-state index in [4.69, 9.17) is 16.3 Å². The van der Waals surface area contributed by atoms with Gasteiger partial charge in [0.15, 0.2) is 0 Å². The van der Waals surface area contributed by atoms with Crippen LogP contribution in [0.15, 0.2) is 12.7 Å². The number of piperidine rings is 1. The molecule has 6 nitrogen and oxygen atoms in total. The molecule has 1 amide bonds. The zero-order valence-corrected chi connectivity index (χ0v) is 13.0. The van der Waals surface area contributed by atoms with E-state index >= 15 is 0 Å². The molecule has 2 N–H and O–H groups in total. The molecule has 0 saturated carbocycles. The molecule has 2 unspecified atom stereocenters. The molecule has 1 aromatic heterocycles. The Balaban J connectivity index is 1.78. The molecular weight excluding hydrogens is 304 g/mol. The second-order valence-electron chi connectivity index (χ2n) is 5.61. The summed E-state index contributed by atoms with van der Waals surface area (Å²) in [6, 6.07) is 1.98. The normalized spacial score (nSPS) is 26.3.